The fourth-order valence-electron chi connectivity index (χ4n) is 5.31. The third-order valence-electron chi connectivity index (χ3n) is 7.45. The molecule has 0 amide bonds. The summed E-state index contributed by atoms with van der Waals surface area (Å²) in [4.78, 5) is 26.5. The summed E-state index contributed by atoms with van der Waals surface area (Å²) in [7, 11) is 0. The molecule has 0 aliphatic carbocycles. The molecule has 1 aliphatic heterocycles. The van der Waals surface area contributed by atoms with Crippen LogP contribution in [0.5, 0.6) is 5.75 Å². The summed E-state index contributed by atoms with van der Waals surface area (Å²) in [6.07, 6.45) is 3.15. The number of pyridine rings is 1. The summed E-state index contributed by atoms with van der Waals surface area (Å²) in [5.74, 6) is 1.60. The molecule has 6 rings (SSSR count). The number of aromatic nitrogens is 3. The van der Waals surface area contributed by atoms with E-state index in [-0.39, 0.29) is 18.6 Å². The second-order valence-corrected chi connectivity index (χ2v) is 12.0. The van der Waals surface area contributed by atoms with Crippen molar-refractivity contribution in [2.45, 2.75) is 58.0 Å². The predicted octanol–water partition coefficient (Wildman–Crippen LogP) is 7.11. The molecule has 10 heteroatoms. The first-order valence-corrected chi connectivity index (χ1v) is 15.0. The van der Waals surface area contributed by atoms with Gasteiger partial charge in [0.15, 0.2) is 6.61 Å². The molecule has 1 fully saturated rings. The molecule has 45 heavy (non-hydrogen) atoms. The molecule has 2 atom stereocenters. The molecule has 2 unspecified atom stereocenters. The smallest absolute Gasteiger partial charge is 0.484 e. The molecular weight excluding hydrogens is 572 g/mol. The van der Waals surface area contributed by atoms with E-state index < -0.39 is 11.8 Å². The van der Waals surface area contributed by atoms with Crippen molar-refractivity contribution in [3.8, 4) is 17.1 Å². The number of piperidine rings is 1. The lowest BCUT2D eigenvalue weighted by atomic mass is 9.87. The Morgan fingerprint density at radius 2 is 1.80 bits per heavy atom. The Morgan fingerprint density at radius 1 is 0.978 bits per heavy atom. The molecule has 0 saturated carbocycles. The molecule has 10 nitrogen and oxygen atoms in total. The number of fused-ring (bicyclic) bond motifs is 1. The average molecular weight is 609 g/mol. The molecule has 0 bridgehead atoms. The third kappa shape index (κ3) is 8.03. The maximum absolute atomic E-state index is 12.4. The zero-order valence-electron chi connectivity index (χ0n) is 25.6. The van der Waals surface area contributed by atoms with Crippen LogP contribution in [0.2, 0.25) is 0 Å². The van der Waals surface area contributed by atoms with Crippen LogP contribution >= 0.6 is 0 Å². The van der Waals surface area contributed by atoms with Gasteiger partial charge >= 0.3 is 6.16 Å². The van der Waals surface area contributed by atoms with Crippen LogP contribution in [0.15, 0.2) is 95.8 Å². The second-order valence-electron chi connectivity index (χ2n) is 12.0. The van der Waals surface area contributed by atoms with E-state index in [9.17, 15) is 4.79 Å². The topological polar surface area (TPSA) is 109 Å². The number of hydrogen-bond donors (Lipinski definition) is 0. The van der Waals surface area contributed by atoms with E-state index in [4.69, 9.17) is 23.6 Å². The van der Waals surface area contributed by atoms with Crippen molar-refractivity contribution >= 4 is 16.9 Å². The molecule has 232 valence electrons. The van der Waals surface area contributed by atoms with E-state index >= 15 is 0 Å². The van der Waals surface area contributed by atoms with E-state index in [2.05, 4.69) is 45.5 Å². The van der Waals surface area contributed by atoms with E-state index in [1.165, 1.54) is 5.39 Å². The zero-order valence-corrected chi connectivity index (χ0v) is 25.6. The molecule has 3 aromatic carbocycles. The molecule has 0 N–H and O–H groups in total. The Hall–Kier alpha value is -4.80. The molecule has 1 saturated heterocycles. The van der Waals surface area contributed by atoms with E-state index in [1.54, 1.807) is 17.5 Å². The lowest BCUT2D eigenvalue weighted by Gasteiger charge is -2.37. The standard InChI is InChI=1S/C35H36N4O6/c1-35(2,3)43-34(40)45-39-18-16-30(31(21-39)42-22-24-10-11-25-7-4-5-8-27(25)19-24)26-12-14-29(15-13-26)41-23-32-37-33(38-44-32)28-9-6-17-36-20-28/h4-15,17,19-20,30-31H,16,18,21-23H2,1-3H3. The minimum absolute atomic E-state index is 0.0796. The maximum atomic E-state index is 12.4. The highest BCUT2D eigenvalue weighted by atomic mass is 16.8. The minimum atomic E-state index is -0.718. The molecule has 5 aromatic rings. The summed E-state index contributed by atoms with van der Waals surface area (Å²) in [5, 5.41) is 8.00. The second kappa shape index (κ2) is 13.5. The van der Waals surface area contributed by atoms with Crippen molar-refractivity contribution in [2.24, 2.45) is 0 Å². The van der Waals surface area contributed by atoms with Gasteiger partial charge in [0.05, 0.1) is 19.3 Å². The summed E-state index contributed by atoms with van der Waals surface area (Å²) in [5.41, 5.74) is 2.32. The maximum Gasteiger partial charge on any atom is 0.528 e. The van der Waals surface area contributed by atoms with Crippen LogP contribution in [0.25, 0.3) is 22.2 Å². The number of ether oxygens (including phenoxy) is 3. The van der Waals surface area contributed by atoms with Gasteiger partial charge in [-0.05, 0) is 79.4 Å². The fraction of sp³-hybridized carbons (Fsp3) is 0.314. The zero-order chi connectivity index (χ0) is 31.2. The third-order valence-corrected chi connectivity index (χ3v) is 7.45. The molecule has 0 spiro atoms. The van der Waals surface area contributed by atoms with Crippen LogP contribution in [0.3, 0.4) is 0 Å². The number of hydrogen-bond acceptors (Lipinski definition) is 10. The van der Waals surface area contributed by atoms with Crippen LogP contribution in [0.1, 0.15) is 50.1 Å². The number of benzene rings is 3. The van der Waals surface area contributed by atoms with Crippen LogP contribution < -0.4 is 4.74 Å². The van der Waals surface area contributed by atoms with Crippen molar-refractivity contribution in [3.05, 3.63) is 108 Å². The van der Waals surface area contributed by atoms with Gasteiger partial charge in [-0.25, -0.2) is 4.79 Å². The first kappa shape index (κ1) is 30.2. The van der Waals surface area contributed by atoms with Gasteiger partial charge in [0.2, 0.25) is 5.82 Å². The Bertz CT molecular complexity index is 1720. The van der Waals surface area contributed by atoms with Crippen molar-refractivity contribution in [1.29, 1.82) is 0 Å². The van der Waals surface area contributed by atoms with Crippen molar-refractivity contribution in [1.82, 2.24) is 20.2 Å². The van der Waals surface area contributed by atoms with Crippen LogP contribution in [-0.2, 0) is 27.5 Å². The van der Waals surface area contributed by atoms with Crippen molar-refractivity contribution < 1.29 is 28.4 Å². The van der Waals surface area contributed by atoms with Crippen molar-refractivity contribution in [3.63, 3.8) is 0 Å². The number of nitrogens with zero attached hydrogens (tertiary/aromatic N) is 4. The molecule has 3 heterocycles. The SMILES string of the molecule is CC(C)(C)OC(=O)ON1CCC(c2ccc(OCc3nc(-c4cccnc4)no3)cc2)C(OCc2ccc3ccccc3c2)C1. The lowest BCUT2D eigenvalue weighted by Crippen LogP contribution is -2.45. The Morgan fingerprint density at radius 3 is 2.58 bits per heavy atom. The highest BCUT2D eigenvalue weighted by Gasteiger charge is 2.34. The van der Waals surface area contributed by atoms with Crippen LogP contribution in [0, 0.1) is 0 Å². The van der Waals surface area contributed by atoms with E-state index in [0.717, 1.165) is 28.5 Å². The summed E-state index contributed by atoms with van der Waals surface area (Å²) < 4.78 is 23.2. The van der Waals surface area contributed by atoms with Gasteiger partial charge in [0.25, 0.3) is 5.89 Å². The normalized spacial score (nSPS) is 17.2. The monoisotopic (exact) mass is 608 g/mol. The first-order valence-electron chi connectivity index (χ1n) is 15.0. The number of carbonyl (C=O) groups is 1. The largest absolute Gasteiger partial charge is 0.528 e. The molecule has 2 aromatic heterocycles. The Labute approximate surface area is 261 Å². The summed E-state index contributed by atoms with van der Waals surface area (Å²) in [6, 6.07) is 26.2. The van der Waals surface area contributed by atoms with Gasteiger partial charge in [-0.2, -0.15) is 4.98 Å². The van der Waals surface area contributed by atoms with E-state index in [0.29, 0.717) is 37.2 Å². The van der Waals surface area contributed by atoms with Gasteiger partial charge < -0.3 is 23.6 Å². The van der Waals surface area contributed by atoms with Gasteiger partial charge in [-0.3, -0.25) is 4.98 Å². The average Bonchev–Trinajstić information content (AvgIpc) is 3.52. The fourth-order valence-corrected chi connectivity index (χ4v) is 5.31. The van der Waals surface area contributed by atoms with E-state index in [1.807, 2.05) is 69.3 Å². The summed E-state index contributed by atoms with van der Waals surface area (Å²) >= 11 is 0. The van der Waals surface area contributed by atoms with Gasteiger partial charge in [-0.1, -0.05) is 53.7 Å². The van der Waals surface area contributed by atoms with Gasteiger partial charge in [0, 0.05) is 30.4 Å². The molecule has 0 radical (unpaired) electrons. The lowest BCUT2D eigenvalue weighted by molar-refractivity contribution is -0.179. The minimum Gasteiger partial charge on any atom is -0.484 e. The highest BCUT2D eigenvalue weighted by molar-refractivity contribution is 5.82. The Balaban J connectivity index is 1.12. The number of carbonyl (C=O) groups excluding carboxylic acids is 1. The quantitative estimate of drug-likeness (QED) is 0.161. The first-order chi connectivity index (χ1) is 21.8. The van der Waals surface area contributed by atoms with Gasteiger partial charge in [0.1, 0.15) is 11.4 Å². The van der Waals surface area contributed by atoms with Crippen LogP contribution in [-0.4, -0.2) is 51.1 Å². The molecule has 1 aliphatic rings. The van der Waals surface area contributed by atoms with Gasteiger partial charge in [-0.15, -0.1) is 5.06 Å². The summed E-state index contributed by atoms with van der Waals surface area (Å²) in [6.45, 7) is 6.96. The number of rotatable bonds is 9. The number of hydroxylamine groups is 2. The Kier molecular flexibility index (Phi) is 9.04. The van der Waals surface area contributed by atoms with Crippen molar-refractivity contribution in [2.75, 3.05) is 13.1 Å². The highest BCUT2D eigenvalue weighted by Crippen LogP contribution is 2.33. The van der Waals surface area contributed by atoms with Crippen LogP contribution in [0.4, 0.5) is 4.79 Å². The molecular formula is C35H36N4O6. The predicted molar refractivity (Wildman–Crippen MR) is 167 cm³/mol.